The molecule has 1 aromatic carbocycles. The number of hydrogen-bond acceptors (Lipinski definition) is 2. The molecule has 0 bridgehead atoms. The Balaban J connectivity index is 2.79. The summed E-state index contributed by atoms with van der Waals surface area (Å²) >= 11 is 0. The minimum Gasteiger partial charge on any atom is -0.459 e. The molecule has 0 saturated carbocycles. The second-order valence-electron chi connectivity index (χ2n) is 5.29. The molecule has 2 aromatic rings. The minimum absolute atomic E-state index is 0.0929. The van der Waals surface area contributed by atoms with Gasteiger partial charge in [0.25, 0.3) is 0 Å². The summed E-state index contributed by atoms with van der Waals surface area (Å²) in [6, 6.07) is 6.32. The molecule has 16 heavy (non-hydrogen) atoms. The van der Waals surface area contributed by atoms with Crippen LogP contribution in [0.3, 0.4) is 0 Å². The third kappa shape index (κ3) is 1.63. The quantitative estimate of drug-likeness (QED) is 0.794. The summed E-state index contributed by atoms with van der Waals surface area (Å²) in [5.41, 5.74) is 9.18. The Morgan fingerprint density at radius 2 is 1.94 bits per heavy atom. The van der Waals surface area contributed by atoms with E-state index in [1.807, 2.05) is 0 Å². The fourth-order valence-corrected chi connectivity index (χ4v) is 2.08. The van der Waals surface area contributed by atoms with Crippen LogP contribution in [-0.2, 0) is 12.0 Å². The van der Waals surface area contributed by atoms with Gasteiger partial charge in [0, 0.05) is 10.9 Å². The van der Waals surface area contributed by atoms with Gasteiger partial charge in [0.2, 0.25) is 0 Å². The van der Waals surface area contributed by atoms with Crippen molar-refractivity contribution in [3.63, 3.8) is 0 Å². The molecule has 0 unspecified atom stereocenters. The fourth-order valence-electron chi connectivity index (χ4n) is 2.08. The molecule has 2 rings (SSSR count). The third-order valence-corrected chi connectivity index (χ3v) is 3.06. The van der Waals surface area contributed by atoms with Gasteiger partial charge in [-0.05, 0) is 17.9 Å². The Bertz CT molecular complexity index is 517. The van der Waals surface area contributed by atoms with Crippen LogP contribution >= 0.6 is 0 Å². The van der Waals surface area contributed by atoms with E-state index in [9.17, 15) is 0 Å². The van der Waals surface area contributed by atoms with Gasteiger partial charge < -0.3 is 10.2 Å². The molecule has 2 N–H and O–H groups in total. The first-order valence-corrected chi connectivity index (χ1v) is 5.66. The first-order valence-electron chi connectivity index (χ1n) is 5.66. The lowest BCUT2D eigenvalue weighted by Gasteiger charge is -2.18. The predicted molar refractivity (Wildman–Crippen MR) is 67.5 cm³/mol. The summed E-state index contributed by atoms with van der Waals surface area (Å²) in [5.74, 6) is 0.895. The number of benzene rings is 1. The average molecular weight is 217 g/mol. The van der Waals surface area contributed by atoms with E-state index in [1.165, 1.54) is 16.5 Å². The largest absolute Gasteiger partial charge is 0.459 e. The highest BCUT2D eigenvalue weighted by Gasteiger charge is 2.20. The van der Waals surface area contributed by atoms with Crippen molar-refractivity contribution in [1.29, 1.82) is 0 Å². The van der Waals surface area contributed by atoms with Crippen LogP contribution in [0.15, 0.2) is 22.6 Å². The van der Waals surface area contributed by atoms with Crippen LogP contribution in [0.5, 0.6) is 0 Å². The molecule has 0 aliphatic heterocycles. The van der Waals surface area contributed by atoms with Crippen molar-refractivity contribution in [3.05, 3.63) is 35.1 Å². The van der Waals surface area contributed by atoms with Crippen molar-refractivity contribution in [2.24, 2.45) is 5.73 Å². The van der Waals surface area contributed by atoms with E-state index in [0.29, 0.717) is 6.54 Å². The first kappa shape index (κ1) is 11.2. The summed E-state index contributed by atoms with van der Waals surface area (Å²) in [7, 11) is 0. The van der Waals surface area contributed by atoms with Crippen LogP contribution in [0.2, 0.25) is 0 Å². The van der Waals surface area contributed by atoms with Crippen molar-refractivity contribution < 1.29 is 4.42 Å². The molecule has 2 heteroatoms. The van der Waals surface area contributed by atoms with Crippen LogP contribution in [0.4, 0.5) is 0 Å². The van der Waals surface area contributed by atoms with Crippen LogP contribution in [0.25, 0.3) is 11.0 Å². The van der Waals surface area contributed by atoms with E-state index in [-0.39, 0.29) is 5.41 Å². The summed E-state index contributed by atoms with van der Waals surface area (Å²) in [5, 5.41) is 1.19. The van der Waals surface area contributed by atoms with Crippen molar-refractivity contribution in [1.82, 2.24) is 0 Å². The maximum atomic E-state index is 5.88. The molecule has 86 valence electrons. The SMILES string of the molecule is Cc1c(CN)oc2c(C(C)(C)C)cccc12. The molecule has 1 aromatic heterocycles. The van der Waals surface area contributed by atoms with Crippen molar-refractivity contribution in [2.75, 3.05) is 0 Å². The Labute approximate surface area is 96.4 Å². The molecule has 0 saturated heterocycles. The standard InChI is InChI=1S/C14H19NO/c1-9-10-6-5-7-11(14(2,3)4)13(10)16-12(9)8-15/h5-7H,8,15H2,1-4H3. The molecular weight excluding hydrogens is 198 g/mol. The van der Waals surface area contributed by atoms with Gasteiger partial charge >= 0.3 is 0 Å². The number of rotatable bonds is 1. The van der Waals surface area contributed by atoms with Crippen molar-refractivity contribution >= 4 is 11.0 Å². The Hall–Kier alpha value is -1.28. The number of furan rings is 1. The lowest BCUT2D eigenvalue weighted by molar-refractivity contribution is 0.524. The zero-order valence-electron chi connectivity index (χ0n) is 10.4. The molecule has 0 fully saturated rings. The maximum Gasteiger partial charge on any atom is 0.138 e. The zero-order valence-corrected chi connectivity index (χ0v) is 10.4. The number of hydrogen-bond donors (Lipinski definition) is 1. The van der Waals surface area contributed by atoms with E-state index in [1.54, 1.807) is 0 Å². The highest BCUT2D eigenvalue weighted by molar-refractivity contribution is 5.85. The van der Waals surface area contributed by atoms with E-state index >= 15 is 0 Å². The number of aryl methyl sites for hydroxylation is 1. The molecule has 0 aliphatic carbocycles. The van der Waals surface area contributed by atoms with Crippen LogP contribution in [-0.4, -0.2) is 0 Å². The molecule has 0 radical (unpaired) electrons. The summed E-state index contributed by atoms with van der Waals surface area (Å²) in [4.78, 5) is 0. The van der Waals surface area contributed by atoms with Crippen molar-refractivity contribution in [3.8, 4) is 0 Å². The van der Waals surface area contributed by atoms with Gasteiger partial charge in [-0.15, -0.1) is 0 Å². The number of nitrogens with two attached hydrogens (primary N) is 1. The lowest BCUT2D eigenvalue weighted by Crippen LogP contribution is -2.11. The van der Waals surface area contributed by atoms with Gasteiger partial charge in [0.15, 0.2) is 0 Å². The summed E-state index contributed by atoms with van der Waals surface area (Å²) < 4.78 is 5.88. The Kier molecular flexibility index (Phi) is 2.55. The van der Waals surface area contributed by atoms with E-state index in [2.05, 4.69) is 45.9 Å². The van der Waals surface area contributed by atoms with Gasteiger partial charge in [-0.1, -0.05) is 39.0 Å². The topological polar surface area (TPSA) is 39.2 Å². The molecule has 0 aliphatic rings. The lowest BCUT2D eigenvalue weighted by atomic mass is 9.86. The van der Waals surface area contributed by atoms with E-state index < -0.39 is 0 Å². The average Bonchev–Trinajstić information content (AvgIpc) is 2.54. The Morgan fingerprint density at radius 3 is 2.50 bits per heavy atom. The van der Waals surface area contributed by atoms with Crippen molar-refractivity contribution in [2.45, 2.75) is 39.7 Å². The molecule has 2 nitrogen and oxygen atoms in total. The Morgan fingerprint density at radius 1 is 1.25 bits per heavy atom. The molecule has 0 amide bonds. The van der Waals surface area contributed by atoms with Gasteiger partial charge in [-0.3, -0.25) is 0 Å². The molecule has 0 atom stereocenters. The van der Waals surface area contributed by atoms with Gasteiger partial charge in [-0.25, -0.2) is 0 Å². The molecule has 0 spiro atoms. The first-order chi connectivity index (χ1) is 7.45. The summed E-state index contributed by atoms with van der Waals surface area (Å²) in [6.45, 7) is 9.12. The summed E-state index contributed by atoms with van der Waals surface area (Å²) in [6.07, 6.45) is 0. The van der Waals surface area contributed by atoms with Gasteiger partial charge in [0.1, 0.15) is 11.3 Å². The smallest absolute Gasteiger partial charge is 0.138 e. The monoisotopic (exact) mass is 217 g/mol. The van der Waals surface area contributed by atoms with E-state index in [0.717, 1.165) is 11.3 Å². The van der Waals surface area contributed by atoms with Crippen LogP contribution in [0.1, 0.15) is 37.7 Å². The third-order valence-electron chi connectivity index (χ3n) is 3.06. The van der Waals surface area contributed by atoms with E-state index in [4.69, 9.17) is 10.2 Å². The number of fused-ring (bicyclic) bond motifs is 1. The van der Waals surface area contributed by atoms with Gasteiger partial charge in [-0.2, -0.15) is 0 Å². The normalized spacial score (nSPS) is 12.3. The maximum absolute atomic E-state index is 5.88. The molecule has 1 heterocycles. The number of para-hydroxylation sites is 1. The highest BCUT2D eigenvalue weighted by atomic mass is 16.3. The van der Waals surface area contributed by atoms with Crippen LogP contribution < -0.4 is 5.73 Å². The van der Waals surface area contributed by atoms with Crippen LogP contribution in [0, 0.1) is 6.92 Å². The second-order valence-corrected chi connectivity index (χ2v) is 5.29. The zero-order chi connectivity index (χ0) is 11.9. The van der Waals surface area contributed by atoms with Gasteiger partial charge in [0.05, 0.1) is 6.54 Å². The second kappa shape index (κ2) is 3.63. The fraction of sp³-hybridized carbons (Fsp3) is 0.429. The minimum atomic E-state index is 0.0929. The highest BCUT2D eigenvalue weighted by Crippen LogP contribution is 2.34. The predicted octanol–water partition coefficient (Wildman–Crippen LogP) is 3.50. The molecular formula is C14H19NO.